The van der Waals surface area contributed by atoms with E-state index in [9.17, 15) is 9.18 Å². The number of aromatic amines is 1. The fourth-order valence-electron chi connectivity index (χ4n) is 2.93. The van der Waals surface area contributed by atoms with Crippen LogP contribution in [0.2, 0.25) is 0 Å². The first-order valence-corrected chi connectivity index (χ1v) is 8.61. The molecule has 1 aliphatic carbocycles. The van der Waals surface area contributed by atoms with Gasteiger partial charge < -0.3 is 0 Å². The minimum Gasteiger partial charge on any atom is -0.291 e. The van der Waals surface area contributed by atoms with Crippen molar-refractivity contribution in [3.63, 3.8) is 0 Å². The van der Waals surface area contributed by atoms with Crippen molar-refractivity contribution in [1.29, 1.82) is 0 Å². The van der Waals surface area contributed by atoms with Gasteiger partial charge in [0.05, 0.1) is 11.6 Å². The predicted molar refractivity (Wildman–Crippen MR) is 94.5 cm³/mol. The highest BCUT2D eigenvalue weighted by Gasteiger charge is 2.19. The van der Waals surface area contributed by atoms with Crippen LogP contribution in [0.3, 0.4) is 0 Å². The van der Waals surface area contributed by atoms with Gasteiger partial charge in [0.25, 0.3) is 5.56 Å². The van der Waals surface area contributed by atoms with Crippen molar-refractivity contribution in [2.45, 2.75) is 25.7 Å². The molecule has 1 aliphatic rings. The molecule has 7 heteroatoms. The van der Waals surface area contributed by atoms with Crippen molar-refractivity contribution >= 4 is 33.7 Å². The summed E-state index contributed by atoms with van der Waals surface area (Å²) in [5, 5.41) is 4.77. The largest absolute Gasteiger partial charge is 0.291 e. The van der Waals surface area contributed by atoms with Crippen molar-refractivity contribution in [1.82, 2.24) is 9.97 Å². The number of benzene rings is 1. The smallest absolute Gasteiger partial charge is 0.261 e. The lowest BCUT2D eigenvalue weighted by molar-refractivity contribution is 0.628. The molecule has 0 aliphatic heterocycles. The number of nitrogens with one attached hydrogen (secondary N) is 2. The molecule has 0 spiro atoms. The monoisotopic (exact) mass is 342 g/mol. The molecule has 122 valence electrons. The molecule has 0 radical (unpaired) electrons. The Kier molecular flexibility index (Phi) is 3.86. The summed E-state index contributed by atoms with van der Waals surface area (Å²) < 4.78 is 12.9. The molecule has 4 rings (SSSR count). The molecule has 0 unspecified atom stereocenters. The normalized spacial score (nSPS) is 14.2. The predicted octanol–water partition coefficient (Wildman–Crippen LogP) is 3.45. The molecule has 3 aromatic rings. The first kappa shape index (κ1) is 15.0. The average molecular weight is 342 g/mol. The van der Waals surface area contributed by atoms with E-state index in [0.29, 0.717) is 5.95 Å². The Morgan fingerprint density at radius 2 is 2.04 bits per heavy atom. The van der Waals surface area contributed by atoms with E-state index < -0.39 is 0 Å². The number of hydrazone groups is 1. The Morgan fingerprint density at radius 3 is 2.88 bits per heavy atom. The first-order chi connectivity index (χ1) is 11.7. The average Bonchev–Trinajstić information content (AvgIpc) is 2.95. The second-order valence-corrected chi connectivity index (χ2v) is 6.81. The van der Waals surface area contributed by atoms with E-state index in [1.165, 1.54) is 23.4 Å². The molecule has 0 fully saturated rings. The Hall–Kier alpha value is -2.54. The quantitative estimate of drug-likeness (QED) is 0.566. The Morgan fingerprint density at radius 1 is 1.25 bits per heavy atom. The number of thiophene rings is 1. The number of anilines is 1. The number of aromatic nitrogens is 2. The molecule has 0 amide bonds. The number of halogens is 1. The number of nitrogens with zero attached hydrogens (tertiary/aromatic N) is 2. The van der Waals surface area contributed by atoms with Crippen LogP contribution in [0.1, 0.15) is 28.8 Å². The number of hydrogen-bond donors (Lipinski definition) is 2. The van der Waals surface area contributed by atoms with Gasteiger partial charge in [-0.2, -0.15) is 5.10 Å². The molecule has 0 saturated carbocycles. The first-order valence-electron chi connectivity index (χ1n) is 7.80. The summed E-state index contributed by atoms with van der Waals surface area (Å²) in [6, 6.07) is 5.97. The van der Waals surface area contributed by atoms with Gasteiger partial charge in [-0.05, 0) is 48.9 Å². The third-order valence-corrected chi connectivity index (χ3v) is 5.26. The van der Waals surface area contributed by atoms with Crippen LogP contribution in [0, 0.1) is 5.82 Å². The molecular weight excluding hydrogens is 327 g/mol. The van der Waals surface area contributed by atoms with E-state index in [2.05, 4.69) is 20.5 Å². The summed E-state index contributed by atoms with van der Waals surface area (Å²) in [7, 11) is 0. The summed E-state index contributed by atoms with van der Waals surface area (Å²) in [5.74, 6) is 0.0164. The van der Waals surface area contributed by atoms with Gasteiger partial charge in [0.1, 0.15) is 10.6 Å². The fourth-order valence-corrected chi connectivity index (χ4v) is 4.20. The SMILES string of the molecule is O=c1[nH]c(NN=Cc2ccc(F)cc2)nc2sc3c(c12)CCCC3. The van der Waals surface area contributed by atoms with E-state index in [0.717, 1.165) is 40.6 Å². The zero-order chi connectivity index (χ0) is 16.5. The molecule has 2 heterocycles. The number of rotatable bonds is 3. The van der Waals surface area contributed by atoms with Crippen LogP contribution in [0.15, 0.2) is 34.2 Å². The lowest BCUT2D eigenvalue weighted by Crippen LogP contribution is -2.12. The molecule has 0 bridgehead atoms. The molecule has 5 nitrogen and oxygen atoms in total. The third kappa shape index (κ3) is 2.82. The number of aryl methyl sites for hydroxylation is 2. The van der Waals surface area contributed by atoms with Gasteiger partial charge in [-0.15, -0.1) is 11.3 Å². The van der Waals surface area contributed by atoms with Crippen molar-refractivity contribution < 1.29 is 4.39 Å². The number of fused-ring (bicyclic) bond motifs is 3. The number of hydrogen-bond acceptors (Lipinski definition) is 5. The van der Waals surface area contributed by atoms with E-state index in [1.54, 1.807) is 29.7 Å². The van der Waals surface area contributed by atoms with Gasteiger partial charge in [-0.25, -0.2) is 14.8 Å². The van der Waals surface area contributed by atoms with Crippen LogP contribution in [0.25, 0.3) is 10.2 Å². The van der Waals surface area contributed by atoms with E-state index in [4.69, 9.17) is 0 Å². The molecule has 0 saturated heterocycles. The molecule has 24 heavy (non-hydrogen) atoms. The minimum absolute atomic E-state index is 0.126. The Bertz CT molecular complexity index is 975. The lowest BCUT2D eigenvalue weighted by atomic mass is 9.97. The van der Waals surface area contributed by atoms with Gasteiger partial charge in [-0.3, -0.25) is 9.78 Å². The van der Waals surface area contributed by atoms with Crippen LogP contribution in [0.5, 0.6) is 0 Å². The molecule has 1 aromatic carbocycles. The van der Waals surface area contributed by atoms with Crippen molar-refractivity contribution in [3.8, 4) is 0 Å². The van der Waals surface area contributed by atoms with Crippen LogP contribution >= 0.6 is 11.3 Å². The summed E-state index contributed by atoms with van der Waals surface area (Å²) in [5.41, 5.74) is 4.52. The molecule has 2 aromatic heterocycles. The minimum atomic E-state index is -0.293. The second-order valence-electron chi connectivity index (χ2n) is 5.73. The van der Waals surface area contributed by atoms with Crippen molar-refractivity contribution in [2.24, 2.45) is 5.10 Å². The standard InChI is InChI=1S/C17H15FN4OS/c18-11-7-5-10(6-8-11)9-19-22-17-20-15(23)14-12-3-1-2-4-13(12)24-16(14)21-17/h5-9H,1-4H2,(H2,20,21,22,23). The topological polar surface area (TPSA) is 70.1 Å². The summed E-state index contributed by atoms with van der Waals surface area (Å²) in [4.78, 5) is 21.6. The molecule has 2 N–H and O–H groups in total. The maximum atomic E-state index is 12.9. The van der Waals surface area contributed by atoms with Gasteiger partial charge in [0, 0.05) is 4.88 Å². The highest BCUT2D eigenvalue weighted by molar-refractivity contribution is 7.18. The van der Waals surface area contributed by atoms with Gasteiger partial charge in [0.15, 0.2) is 0 Å². The van der Waals surface area contributed by atoms with Crippen LogP contribution in [-0.2, 0) is 12.8 Å². The fraction of sp³-hybridized carbons (Fsp3) is 0.235. The molecular formula is C17H15FN4OS. The maximum Gasteiger partial charge on any atom is 0.261 e. The summed E-state index contributed by atoms with van der Waals surface area (Å²) >= 11 is 1.59. The van der Waals surface area contributed by atoms with E-state index in [-0.39, 0.29) is 11.4 Å². The summed E-state index contributed by atoms with van der Waals surface area (Å²) in [6.07, 6.45) is 5.82. The molecule has 0 atom stereocenters. The van der Waals surface area contributed by atoms with Crippen LogP contribution < -0.4 is 11.0 Å². The highest BCUT2D eigenvalue weighted by atomic mass is 32.1. The van der Waals surface area contributed by atoms with E-state index in [1.807, 2.05) is 0 Å². The van der Waals surface area contributed by atoms with Crippen molar-refractivity contribution in [2.75, 3.05) is 5.43 Å². The highest BCUT2D eigenvalue weighted by Crippen LogP contribution is 2.33. The lowest BCUT2D eigenvalue weighted by Gasteiger charge is -2.09. The van der Waals surface area contributed by atoms with Crippen LogP contribution in [-0.4, -0.2) is 16.2 Å². The third-order valence-electron chi connectivity index (χ3n) is 4.08. The van der Waals surface area contributed by atoms with Crippen molar-refractivity contribution in [3.05, 3.63) is 56.4 Å². The Labute approximate surface area is 141 Å². The van der Waals surface area contributed by atoms with E-state index >= 15 is 0 Å². The van der Waals surface area contributed by atoms with Crippen LogP contribution in [0.4, 0.5) is 10.3 Å². The maximum absolute atomic E-state index is 12.9. The number of H-pyrrole nitrogens is 1. The zero-order valence-electron chi connectivity index (χ0n) is 12.8. The Balaban J connectivity index is 1.61. The van der Waals surface area contributed by atoms with Gasteiger partial charge >= 0.3 is 0 Å². The summed E-state index contributed by atoms with van der Waals surface area (Å²) in [6.45, 7) is 0. The zero-order valence-corrected chi connectivity index (χ0v) is 13.6. The van der Waals surface area contributed by atoms with Gasteiger partial charge in [-0.1, -0.05) is 12.1 Å². The second kappa shape index (κ2) is 6.16. The van der Waals surface area contributed by atoms with Gasteiger partial charge in [0.2, 0.25) is 5.95 Å².